The lowest BCUT2D eigenvalue weighted by Crippen LogP contribution is -2.38. The molecule has 2 aromatic carbocycles. The van der Waals surface area contributed by atoms with Gasteiger partial charge in [-0.3, -0.25) is 19.4 Å². The molecule has 8 nitrogen and oxygen atoms in total. The molecular weight excluding hydrogens is 557 g/mol. The van der Waals surface area contributed by atoms with E-state index in [1.807, 2.05) is 30.9 Å². The van der Waals surface area contributed by atoms with Crippen LogP contribution in [0.3, 0.4) is 0 Å². The average molecular weight is 591 g/mol. The van der Waals surface area contributed by atoms with Crippen LogP contribution in [0.5, 0.6) is 5.75 Å². The van der Waals surface area contributed by atoms with Crippen LogP contribution in [0.2, 0.25) is 0 Å². The Labute approximate surface area is 240 Å². The number of anilines is 1. The number of carbonyl (C=O) groups is 2. The first kappa shape index (κ1) is 30.4. The molecule has 1 amide bonds. The third-order valence-corrected chi connectivity index (χ3v) is 8.13. The number of piperidine rings is 1. The molecule has 41 heavy (non-hydrogen) atoms. The van der Waals surface area contributed by atoms with Crippen molar-refractivity contribution in [3.63, 3.8) is 0 Å². The Morgan fingerprint density at radius 3 is 2.54 bits per heavy atom. The van der Waals surface area contributed by atoms with Crippen LogP contribution >= 0.6 is 11.3 Å². The molecule has 1 aliphatic rings. The number of alkyl halides is 3. The number of aryl methyl sites for hydroxylation is 1. The first-order chi connectivity index (χ1) is 19.6. The summed E-state index contributed by atoms with van der Waals surface area (Å²) in [4.78, 5) is 28.0. The zero-order valence-electron chi connectivity index (χ0n) is 23.0. The molecule has 2 heterocycles. The maximum absolute atomic E-state index is 14.0. The van der Waals surface area contributed by atoms with Gasteiger partial charge in [-0.15, -0.1) is 10.2 Å². The van der Waals surface area contributed by atoms with Crippen molar-refractivity contribution in [1.29, 1.82) is 0 Å². The Bertz CT molecular complexity index is 1360. The van der Waals surface area contributed by atoms with E-state index in [-0.39, 0.29) is 34.8 Å². The van der Waals surface area contributed by atoms with E-state index in [0.717, 1.165) is 35.8 Å². The summed E-state index contributed by atoms with van der Waals surface area (Å²) in [5.41, 5.74) is 0.657. The van der Waals surface area contributed by atoms with Gasteiger partial charge in [0.2, 0.25) is 5.13 Å². The quantitative estimate of drug-likeness (QED) is 0.286. The van der Waals surface area contributed by atoms with E-state index in [1.54, 1.807) is 12.1 Å². The Kier molecular flexibility index (Phi) is 9.98. The van der Waals surface area contributed by atoms with E-state index in [0.29, 0.717) is 49.7 Å². The van der Waals surface area contributed by atoms with Crippen LogP contribution in [0, 0.1) is 12.8 Å². The van der Waals surface area contributed by atoms with Crippen LogP contribution < -0.4 is 9.64 Å². The largest absolute Gasteiger partial charge is 0.492 e. The molecule has 1 fully saturated rings. The Morgan fingerprint density at radius 2 is 1.88 bits per heavy atom. The van der Waals surface area contributed by atoms with Gasteiger partial charge in [-0.05, 0) is 69.1 Å². The molecule has 1 aromatic heterocycles. The number of ether oxygens (including phenoxy) is 1. The highest BCUT2D eigenvalue weighted by atomic mass is 32.1. The van der Waals surface area contributed by atoms with Crippen molar-refractivity contribution >= 4 is 28.3 Å². The first-order valence-electron chi connectivity index (χ1n) is 13.6. The molecule has 0 bridgehead atoms. The van der Waals surface area contributed by atoms with Crippen molar-refractivity contribution in [2.75, 3.05) is 37.7 Å². The number of carbonyl (C=O) groups excluding carboxylic acids is 1. The molecule has 0 radical (unpaired) electrons. The maximum atomic E-state index is 14.0. The van der Waals surface area contributed by atoms with Gasteiger partial charge in [-0.25, -0.2) is 0 Å². The second kappa shape index (κ2) is 13.4. The zero-order chi connectivity index (χ0) is 29.6. The summed E-state index contributed by atoms with van der Waals surface area (Å²) in [7, 11) is 0. The number of benzene rings is 2. The zero-order valence-corrected chi connectivity index (χ0v) is 23.8. The summed E-state index contributed by atoms with van der Waals surface area (Å²) >= 11 is 1.06. The lowest BCUT2D eigenvalue weighted by atomic mass is 9.97. The van der Waals surface area contributed by atoms with Crippen LogP contribution in [-0.4, -0.2) is 64.9 Å². The fraction of sp³-hybridized carbons (Fsp3) is 0.448. The molecule has 0 saturated carbocycles. The number of nitrogens with zero attached hydrogens (tertiary/aromatic N) is 4. The van der Waals surface area contributed by atoms with Gasteiger partial charge in [-0.2, -0.15) is 13.2 Å². The van der Waals surface area contributed by atoms with Gasteiger partial charge < -0.3 is 9.84 Å². The van der Waals surface area contributed by atoms with E-state index < -0.39 is 17.7 Å². The van der Waals surface area contributed by atoms with E-state index in [4.69, 9.17) is 9.84 Å². The summed E-state index contributed by atoms with van der Waals surface area (Å²) in [5, 5.41) is 18.0. The lowest BCUT2D eigenvalue weighted by molar-refractivity contribution is -0.143. The van der Waals surface area contributed by atoms with Crippen molar-refractivity contribution in [2.24, 2.45) is 5.92 Å². The second-order valence-electron chi connectivity index (χ2n) is 10.0. The minimum Gasteiger partial charge on any atom is -0.492 e. The number of hydrogen-bond donors (Lipinski definition) is 1. The van der Waals surface area contributed by atoms with Gasteiger partial charge in [0, 0.05) is 24.2 Å². The van der Waals surface area contributed by atoms with Crippen molar-refractivity contribution in [3.8, 4) is 16.3 Å². The molecule has 1 saturated heterocycles. The summed E-state index contributed by atoms with van der Waals surface area (Å²) in [6.45, 7) is 5.82. The molecule has 4 rings (SSSR count). The van der Waals surface area contributed by atoms with Crippen LogP contribution in [0.25, 0.3) is 10.6 Å². The van der Waals surface area contributed by atoms with Crippen molar-refractivity contribution < 1.29 is 32.6 Å². The molecule has 1 aliphatic heterocycles. The van der Waals surface area contributed by atoms with Gasteiger partial charge in [0.05, 0.1) is 11.5 Å². The highest BCUT2D eigenvalue weighted by molar-refractivity contribution is 7.18. The predicted octanol–water partition coefficient (Wildman–Crippen LogP) is 6.15. The van der Waals surface area contributed by atoms with Gasteiger partial charge in [0.15, 0.2) is 0 Å². The molecule has 0 atom stereocenters. The number of rotatable bonds is 11. The van der Waals surface area contributed by atoms with Crippen LogP contribution in [0.15, 0.2) is 42.5 Å². The number of amides is 1. The highest BCUT2D eigenvalue weighted by Crippen LogP contribution is 2.40. The van der Waals surface area contributed by atoms with Gasteiger partial charge >= 0.3 is 12.1 Å². The lowest BCUT2D eigenvalue weighted by Gasteiger charge is -2.29. The van der Waals surface area contributed by atoms with Crippen molar-refractivity contribution in [1.82, 2.24) is 15.1 Å². The summed E-state index contributed by atoms with van der Waals surface area (Å²) < 4.78 is 47.6. The number of halogens is 3. The van der Waals surface area contributed by atoms with E-state index in [1.165, 1.54) is 17.0 Å². The predicted molar refractivity (Wildman–Crippen MR) is 150 cm³/mol. The van der Waals surface area contributed by atoms with Crippen LogP contribution in [0.1, 0.15) is 54.1 Å². The molecule has 220 valence electrons. The molecule has 3 aromatic rings. The fourth-order valence-electron chi connectivity index (χ4n) is 4.70. The molecule has 0 unspecified atom stereocenters. The summed E-state index contributed by atoms with van der Waals surface area (Å²) in [6, 6.07) is 11.0. The van der Waals surface area contributed by atoms with Crippen LogP contribution in [-0.2, 0) is 11.0 Å². The Balaban J connectivity index is 1.50. The van der Waals surface area contributed by atoms with E-state index >= 15 is 0 Å². The monoisotopic (exact) mass is 590 g/mol. The summed E-state index contributed by atoms with van der Waals surface area (Å²) in [5.74, 6) is -1.71. The topological polar surface area (TPSA) is 95.9 Å². The third kappa shape index (κ3) is 7.62. The second-order valence-corrected chi connectivity index (χ2v) is 11.0. The highest BCUT2D eigenvalue weighted by Gasteiger charge is 2.35. The number of aliphatic carboxylic acids is 1. The Morgan fingerprint density at radius 1 is 1.15 bits per heavy atom. The number of carboxylic acid groups (broad SMARTS) is 1. The SMILES string of the molecule is CCCCN(C(=O)c1ccccc1C)c1nnc(-c2ccc(OCCN3CCC(C(=O)O)CC3)c(C(F)(F)F)c2)s1. The molecule has 1 N–H and O–H groups in total. The number of carboxylic acids is 1. The van der Waals surface area contributed by atoms with Crippen molar-refractivity contribution in [3.05, 3.63) is 59.2 Å². The minimum absolute atomic E-state index is 0.0382. The number of aromatic nitrogens is 2. The first-order valence-corrected chi connectivity index (χ1v) is 14.4. The van der Waals surface area contributed by atoms with E-state index in [9.17, 15) is 22.8 Å². The van der Waals surface area contributed by atoms with Gasteiger partial charge in [0.1, 0.15) is 17.4 Å². The normalized spacial score (nSPS) is 14.7. The number of hydrogen-bond acceptors (Lipinski definition) is 7. The number of likely N-dealkylation sites (tertiary alicyclic amines) is 1. The average Bonchev–Trinajstić information content (AvgIpc) is 3.43. The number of unbranched alkanes of at least 4 members (excludes halogenated alkanes) is 1. The standard InChI is InChI=1S/C29H33F3N4O4S/c1-3-4-13-36(26(37)22-8-6-5-7-19(22)2)28-34-33-25(41-28)21-9-10-24(23(18-21)29(30,31)32)40-17-16-35-14-11-20(12-15-35)27(38)39/h5-10,18,20H,3-4,11-17H2,1-2H3,(H,38,39). The minimum atomic E-state index is -4.66. The van der Waals surface area contributed by atoms with Gasteiger partial charge in [-0.1, -0.05) is 42.9 Å². The van der Waals surface area contributed by atoms with E-state index in [2.05, 4.69) is 10.2 Å². The molecule has 0 aliphatic carbocycles. The third-order valence-electron chi connectivity index (χ3n) is 7.13. The van der Waals surface area contributed by atoms with Crippen LogP contribution in [0.4, 0.5) is 18.3 Å². The fourth-order valence-corrected chi connectivity index (χ4v) is 5.56. The maximum Gasteiger partial charge on any atom is 0.419 e. The Hall–Kier alpha value is -3.51. The molecule has 0 spiro atoms. The molecular formula is C29H33F3N4O4S. The summed E-state index contributed by atoms with van der Waals surface area (Å²) in [6.07, 6.45) is -2.07. The van der Waals surface area contributed by atoms with Crippen molar-refractivity contribution in [2.45, 2.75) is 45.7 Å². The smallest absolute Gasteiger partial charge is 0.419 e. The van der Waals surface area contributed by atoms with Gasteiger partial charge in [0.25, 0.3) is 5.91 Å². The molecule has 12 heteroatoms.